The molecule has 0 aliphatic rings. The molecule has 3 heterocycles. The number of benzene rings is 1. The standard InChI is InChI=1S/C22H15F6N5O4S/c23-15-6-12(5-11-1-4-17(34)33(18(11)15)37-20(35)22(26,27)28)16-3-2-14(38-16)9-31-10-30-32(21(31)36)8-13(7-29)19(24)25/h1-6,10H,7-9,29H2. The highest BCUT2D eigenvalue weighted by Crippen LogP contribution is 2.32. The monoisotopic (exact) mass is 559 g/mol. The average molecular weight is 559 g/mol. The zero-order valence-corrected chi connectivity index (χ0v) is 19.7. The highest BCUT2D eigenvalue weighted by Gasteiger charge is 2.42. The van der Waals surface area contributed by atoms with Gasteiger partial charge in [-0.25, -0.2) is 18.7 Å². The molecule has 0 radical (unpaired) electrons. The van der Waals surface area contributed by atoms with Gasteiger partial charge in [-0.05, 0) is 35.9 Å². The molecule has 0 aliphatic carbocycles. The third kappa shape index (κ3) is 5.40. The first-order valence-corrected chi connectivity index (χ1v) is 11.3. The fourth-order valence-corrected chi connectivity index (χ4v) is 4.42. The molecule has 0 atom stereocenters. The van der Waals surface area contributed by atoms with Gasteiger partial charge < -0.3 is 10.6 Å². The van der Waals surface area contributed by atoms with Crippen molar-refractivity contribution in [3.63, 3.8) is 0 Å². The van der Waals surface area contributed by atoms with Gasteiger partial charge in [0, 0.05) is 33.3 Å². The van der Waals surface area contributed by atoms with Gasteiger partial charge in [0.25, 0.3) is 11.6 Å². The summed E-state index contributed by atoms with van der Waals surface area (Å²) in [7, 11) is 0. The maximum atomic E-state index is 15.0. The Balaban J connectivity index is 1.62. The van der Waals surface area contributed by atoms with Crippen molar-refractivity contribution in [1.82, 2.24) is 19.1 Å². The fourth-order valence-electron chi connectivity index (χ4n) is 3.42. The SMILES string of the molecule is NCC(Cn1ncn(Cc2ccc(-c3cc(F)c4c(ccc(=O)n4OC(=O)C(F)(F)F)c3)s2)c1=O)=C(F)F. The Labute approximate surface area is 211 Å². The van der Waals surface area contributed by atoms with Crippen molar-refractivity contribution in [1.29, 1.82) is 0 Å². The minimum atomic E-state index is -5.41. The van der Waals surface area contributed by atoms with Gasteiger partial charge in [-0.1, -0.05) is 0 Å². The van der Waals surface area contributed by atoms with Gasteiger partial charge in [0.1, 0.15) is 11.8 Å². The van der Waals surface area contributed by atoms with E-state index in [0.717, 1.165) is 34.2 Å². The zero-order valence-electron chi connectivity index (χ0n) is 18.8. The van der Waals surface area contributed by atoms with Crippen molar-refractivity contribution in [2.75, 3.05) is 6.54 Å². The van der Waals surface area contributed by atoms with E-state index in [-0.39, 0.29) is 22.2 Å². The molecule has 0 amide bonds. The summed E-state index contributed by atoms with van der Waals surface area (Å²) in [5.41, 5.74) is 2.61. The number of halogens is 6. The molecular weight excluding hydrogens is 544 g/mol. The number of hydrogen-bond acceptors (Lipinski definition) is 7. The number of aromatic nitrogens is 4. The molecule has 0 aliphatic heterocycles. The third-order valence-corrected chi connectivity index (χ3v) is 6.35. The summed E-state index contributed by atoms with van der Waals surface area (Å²) in [4.78, 5) is 40.9. The van der Waals surface area contributed by atoms with Crippen molar-refractivity contribution in [2.45, 2.75) is 19.3 Å². The smallest absolute Gasteiger partial charge is 0.327 e. The van der Waals surface area contributed by atoms with E-state index in [9.17, 15) is 40.7 Å². The molecule has 4 aromatic rings. The van der Waals surface area contributed by atoms with Crippen LogP contribution in [0, 0.1) is 5.82 Å². The van der Waals surface area contributed by atoms with E-state index in [1.165, 1.54) is 17.0 Å². The maximum absolute atomic E-state index is 15.0. The predicted molar refractivity (Wildman–Crippen MR) is 123 cm³/mol. The quantitative estimate of drug-likeness (QED) is 0.349. The molecule has 0 fully saturated rings. The lowest BCUT2D eigenvalue weighted by Gasteiger charge is -2.12. The number of thiophene rings is 1. The average Bonchev–Trinajstić information content (AvgIpc) is 3.45. The molecule has 9 nitrogen and oxygen atoms in total. The molecule has 1 aromatic carbocycles. The minimum Gasteiger partial charge on any atom is -0.327 e. The Kier molecular flexibility index (Phi) is 7.28. The number of carbonyl (C=O) groups excluding carboxylic acids is 1. The molecule has 0 spiro atoms. The summed E-state index contributed by atoms with van der Waals surface area (Å²) in [6.45, 7) is -0.897. The van der Waals surface area contributed by atoms with E-state index in [1.54, 1.807) is 12.1 Å². The summed E-state index contributed by atoms with van der Waals surface area (Å²) in [5, 5.41) is 3.79. The van der Waals surface area contributed by atoms with Crippen LogP contribution in [0.25, 0.3) is 21.3 Å². The number of carbonyl (C=O) groups is 1. The van der Waals surface area contributed by atoms with Crippen molar-refractivity contribution < 1.29 is 36.0 Å². The first kappa shape index (κ1) is 26.9. The van der Waals surface area contributed by atoms with Crippen molar-refractivity contribution in [3.8, 4) is 10.4 Å². The van der Waals surface area contributed by atoms with Gasteiger partial charge in [-0.15, -0.1) is 16.1 Å². The van der Waals surface area contributed by atoms with E-state index in [0.29, 0.717) is 9.75 Å². The lowest BCUT2D eigenvalue weighted by molar-refractivity contribution is -0.199. The third-order valence-electron chi connectivity index (χ3n) is 5.23. The number of rotatable bonds is 7. The highest BCUT2D eigenvalue weighted by molar-refractivity contribution is 7.15. The lowest BCUT2D eigenvalue weighted by Crippen LogP contribution is -2.38. The summed E-state index contributed by atoms with van der Waals surface area (Å²) < 4.78 is 80.4. The van der Waals surface area contributed by atoms with E-state index >= 15 is 0 Å². The molecule has 0 bridgehead atoms. The van der Waals surface area contributed by atoms with Crippen LogP contribution in [0.5, 0.6) is 0 Å². The molecule has 4 rings (SSSR count). The van der Waals surface area contributed by atoms with Crippen molar-refractivity contribution >= 4 is 28.2 Å². The van der Waals surface area contributed by atoms with Gasteiger partial charge in [-0.2, -0.15) is 27.1 Å². The fraction of sp³-hybridized carbons (Fsp3) is 0.182. The van der Waals surface area contributed by atoms with E-state index in [2.05, 4.69) is 9.94 Å². The van der Waals surface area contributed by atoms with Crippen molar-refractivity contribution in [3.05, 3.63) is 85.9 Å². The second-order valence-electron chi connectivity index (χ2n) is 7.77. The van der Waals surface area contributed by atoms with Gasteiger partial charge >= 0.3 is 17.8 Å². The second kappa shape index (κ2) is 10.3. The molecule has 0 saturated carbocycles. The van der Waals surface area contributed by atoms with Crippen LogP contribution >= 0.6 is 11.3 Å². The van der Waals surface area contributed by atoms with Crippen LogP contribution in [0.3, 0.4) is 0 Å². The molecule has 38 heavy (non-hydrogen) atoms. The second-order valence-corrected chi connectivity index (χ2v) is 8.94. The summed E-state index contributed by atoms with van der Waals surface area (Å²) in [6.07, 6.45) is -6.23. The molecule has 16 heteroatoms. The number of nitrogens with zero attached hydrogens (tertiary/aromatic N) is 4. The Morgan fingerprint density at radius 3 is 2.50 bits per heavy atom. The van der Waals surface area contributed by atoms with Crippen LogP contribution in [-0.4, -0.2) is 37.8 Å². The molecule has 2 N–H and O–H groups in total. The molecule has 3 aromatic heterocycles. The maximum Gasteiger partial charge on any atom is 0.493 e. The van der Waals surface area contributed by atoms with Gasteiger partial charge in [-0.3, -0.25) is 9.36 Å². The Bertz CT molecular complexity index is 1680. The summed E-state index contributed by atoms with van der Waals surface area (Å²) >= 11 is 1.15. The van der Waals surface area contributed by atoms with Crippen LogP contribution in [0.4, 0.5) is 26.3 Å². The van der Waals surface area contributed by atoms with Crippen LogP contribution in [0.15, 0.2) is 64.0 Å². The Morgan fingerprint density at radius 1 is 1.11 bits per heavy atom. The molecule has 200 valence electrons. The number of nitrogens with two attached hydrogens (primary N) is 1. The summed E-state index contributed by atoms with van der Waals surface area (Å²) in [5.74, 6) is -3.82. The first-order chi connectivity index (χ1) is 17.9. The van der Waals surface area contributed by atoms with Gasteiger partial charge in [0.2, 0.25) is 0 Å². The highest BCUT2D eigenvalue weighted by atomic mass is 32.1. The largest absolute Gasteiger partial charge is 0.493 e. The van der Waals surface area contributed by atoms with Crippen LogP contribution in [0.2, 0.25) is 0 Å². The molecular formula is C22H15F6N5O4S. The Hall–Kier alpha value is -4.18. The zero-order chi connectivity index (χ0) is 27.8. The summed E-state index contributed by atoms with van der Waals surface area (Å²) in [6, 6.07) is 7.54. The molecule has 0 saturated heterocycles. The lowest BCUT2D eigenvalue weighted by atomic mass is 10.1. The Morgan fingerprint density at radius 2 is 1.84 bits per heavy atom. The van der Waals surface area contributed by atoms with Gasteiger partial charge in [0.15, 0.2) is 5.82 Å². The minimum absolute atomic E-state index is 0.0201. The predicted octanol–water partition coefficient (Wildman–Crippen LogP) is 2.90. The molecule has 0 unspecified atom stereocenters. The van der Waals surface area contributed by atoms with Crippen molar-refractivity contribution in [2.24, 2.45) is 5.73 Å². The first-order valence-electron chi connectivity index (χ1n) is 10.5. The van der Waals surface area contributed by atoms with Crippen LogP contribution in [0.1, 0.15) is 4.88 Å². The number of hydrogen-bond donors (Lipinski definition) is 1. The number of fused-ring (bicyclic) bond motifs is 1. The van der Waals surface area contributed by atoms with E-state index in [4.69, 9.17) is 5.73 Å². The van der Waals surface area contributed by atoms with Crippen LogP contribution < -0.4 is 21.8 Å². The van der Waals surface area contributed by atoms with E-state index in [1.807, 2.05) is 0 Å². The van der Waals surface area contributed by atoms with E-state index < -0.39 is 59.5 Å². The number of pyridine rings is 1. The number of alkyl halides is 3. The van der Waals surface area contributed by atoms with Crippen LogP contribution in [-0.2, 0) is 17.9 Å². The topological polar surface area (TPSA) is 114 Å². The van der Waals surface area contributed by atoms with Gasteiger partial charge in [0.05, 0.1) is 13.1 Å². The normalized spacial score (nSPS) is 11.7.